The van der Waals surface area contributed by atoms with Crippen LogP contribution in [0, 0.1) is 11.7 Å². The molecule has 15 heavy (non-hydrogen) atoms. The van der Waals surface area contributed by atoms with E-state index in [0.717, 1.165) is 21.4 Å². The second kappa shape index (κ2) is 4.24. The molecule has 0 unspecified atom stereocenters. The molecular formula is C11H9BrN2S. The Morgan fingerprint density at radius 3 is 2.53 bits per heavy atom. The van der Waals surface area contributed by atoms with Crippen LogP contribution in [0.15, 0.2) is 34.8 Å². The lowest BCUT2D eigenvalue weighted by Gasteiger charge is -2.02. The van der Waals surface area contributed by atoms with Crippen molar-refractivity contribution in [2.75, 3.05) is 0 Å². The van der Waals surface area contributed by atoms with Gasteiger partial charge in [0.25, 0.3) is 0 Å². The van der Waals surface area contributed by atoms with Gasteiger partial charge in [-0.05, 0) is 37.3 Å². The first-order valence-electron chi connectivity index (χ1n) is 4.49. The van der Waals surface area contributed by atoms with Crippen LogP contribution in [0.25, 0.3) is 11.3 Å². The topological polar surface area (TPSA) is 28.7 Å². The molecule has 4 heteroatoms. The van der Waals surface area contributed by atoms with Gasteiger partial charge in [0.05, 0.1) is 5.69 Å². The van der Waals surface area contributed by atoms with Gasteiger partial charge in [-0.1, -0.05) is 28.1 Å². The van der Waals surface area contributed by atoms with Crippen LogP contribution in [-0.2, 0) is 0 Å². The lowest BCUT2D eigenvalue weighted by Crippen LogP contribution is -1.89. The second-order valence-electron chi connectivity index (χ2n) is 3.26. The normalized spacial score (nSPS) is 10.3. The van der Waals surface area contributed by atoms with Gasteiger partial charge >= 0.3 is 0 Å². The van der Waals surface area contributed by atoms with Crippen molar-refractivity contribution in [3.63, 3.8) is 0 Å². The van der Waals surface area contributed by atoms with Gasteiger partial charge in [-0.25, -0.2) is 4.98 Å². The van der Waals surface area contributed by atoms with Crippen LogP contribution in [0.4, 0.5) is 0 Å². The number of rotatable bonds is 1. The number of hydrogen-bond acceptors (Lipinski definition) is 2. The van der Waals surface area contributed by atoms with Crippen LogP contribution in [-0.4, -0.2) is 9.97 Å². The molecule has 2 aromatic rings. The van der Waals surface area contributed by atoms with Crippen molar-refractivity contribution in [3.05, 3.63) is 45.3 Å². The van der Waals surface area contributed by atoms with Crippen LogP contribution >= 0.6 is 28.1 Å². The third-order valence-corrected chi connectivity index (χ3v) is 2.74. The minimum absolute atomic E-state index is 0.521. The zero-order valence-corrected chi connectivity index (χ0v) is 10.5. The first-order chi connectivity index (χ1) is 7.15. The van der Waals surface area contributed by atoms with Crippen molar-refractivity contribution < 1.29 is 0 Å². The van der Waals surface area contributed by atoms with E-state index < -0.39 is 0 Å². The molecule has 0 aliphatic rings. The number of hydrogen-bond donors (Lipinski definition) is 1. The molecule has 1 aromatic heterocycles. The number of nitrogens with one attached hydrogen (secondary N) is 1. The van der Waals surface area contributed by atoms with E-state index >= 15 is 0 Å². The third kappa shape index (κ3) is 2.52. The predicted molar refractivity (Wildman–Crippen MR) is 67.3 cm³/mol. The average Bonchev–Trinajstić information content (AvgIpc) is 2.17. The fourth-order valence-electron chi connectivity index (χ4n) is 1.35. The summed E-state index contributed by atoms with van der Waals surface area (Å²) < 4.78 is 1.58. The van der Waals surface area contributed by atoms with E-state index in [0.29, 0.717) is 4.77 Å². The van der Waals surface area contributed by atoms with Crippen molar-refractivity contribution in [1.82, 2.24) is 9.97 Å². The van der Waals surface area contributed by atoms with Crippen LogP contribution in [0.3, 0.4) is 0 Å². The Balaban J connectivity index is 2.54. The predicted octanol–water partition coefficient (Wildman–Crippen LogP) is 3.88. The lowest BCUT2D eigenvalue weighted by atomic mass is 10.1. The minimum Gasteiger partial charge on any atom is -0.335 e. The van der Waals surface area contributed by atoms with Crippen LogP contribution in [0.2, 0.25) is 0 Å². The van der Waals surface area contributed by atoms with E-state index in [2.05, 4.69) is 25.9 Å². The van der Waals surface area contributed by atoms with Gasteiger partial charge < -0.3 is 4.98 Å². The van der Waals surface area contributed by atoms with Gasteiger partial charge in [-0.2, -0.15) is 0 Å². The highest BCUT2D eigenvalue weighted by atomic mass is 79.9. The number of H-pyrrole nitrogens is 1. The van der Waals surface area contributed by atoms with E-state index in [-0.39, 0.29) is 0 Å². The van der Waals surface area contributed by atoms with Crippen molar-refractivity contribution >= 4 is 28.1 Å². The first-order valence-corrected chi connectivity index (χ1v) is 5.69. The average molecular weight is 281 g/mol. The van der Waals surface area contributed by atoms with Gasteiger partial charge in [0, 0.05) is 15.7 Å². The highest BCUT2D eigenvalue weighted by Gasteiger charge is 1.99. The molecule has 0 saturated carbocycles. The summed E-state index contributed by atoms with van der Waals surface area (Å²) in [5, 5.41) is 0. The first kappa shape index (κ1) is 10.5. The van der Waals surface area contributed by atoms with Gasteiger partial charge in [0.15, 0.2) is 4.77 Å². The minimum atomic E-state index is 0.521. The monoisotopic (exact) mass is 280 g/mol. The van der Waals surface area contributed by atoms with E-state index in [1.165, 1.54) is 0 Å². The molecule has 0 radical (unpaired) electrons. The standard InChI is InChI=1S/C11H9BrN2S/c1-7-6-10(14-11(15)13-7)8-2-4-9(12)5-3-8/h2-6H,1H3,(H,13,14,15). The molecule has 1 aromatic carbocycles. The molecule has 0 atom stereocenters. The molecule has 1 heterocycles. The summed E-state index contributed by atoms with van der Waals surface area (Å²) in [5.41, 5.74) is 3.00. The van der Waals surface area contributed by atoms with Crippen molar-refractivity contribution in [2.24, 2.45) is 0 Å². The van der Waals surface area contributed by atoms with Crippen molar-refractivity contribution in [2.45, 2.75) is 6.92 Å². The summed E-state index contributed by atoms with van der Waals surface area (Å²) in [4.78, 5) is 7.26. The number of aromatic nitrogens is 2. The molecule has 0 bridgehead atoms. The Bertz CT molecular complexity index is 531. The number of benzene rings is 1. The van der Waals surface area contributed by atoms with Gasteiger partial charge in [-0.3, -0.25) is 0 Å². The smallest absolute Gasteiger partial charge is 0.197 e. The Hall–Kier alpha value is -1.00. The van der Waals surface area contributed by atoms with Crippen LogP contribution in [0.5, 0.6) is 0 Å². The van der Waals surface area contributed by atoms with Crippen molar-refractivity contribution in [1.29, 1.82) is 0 Å². The zero-order chi connectivity index (χ0) is 10.8. The number of halogens is 1. The molecule has 1 N–H and O–H groups in total. The lowest BCUT2D eigenvalue weighted by molar-refractivity contribution is 1.08. The van der Waals surface area contributed by atoms with E-state index in [1.54, 1.807) is 0 Å². The maximum atomic E-state index is 5.04. The summed E-state index contributed by atoms with van der Waals surface area (Å²) in [6.07, 6.45) is 0. The molecular weight excluding hydrogens is 272 g/mol. The molecule has 0 aliphatic heterocycles. The SMILES string of the molecule is Cc1cc(-c2ccc(Br)cc2)nc(=S)[nH]1. The Labute approximate surface area is 102 Å². The van der Waals surface area contributed by atoms with E-state index in [9.17, 15) is 0 Å². The zero-order valence-electron chi connectivity index (χ0n) is 8.12. The third-order valence-electron chi connectivity index (χ3n) is 2.02. The van der Waals surface area contributed by atoms with E-state index in [1.807, 2.05) is 37.3 Å². The summed E-state index contributed by atoms with van der Waals surface area (Å²) in [6.45, 7) is 1.97. The molecule has 0 saturated heterocycles. The number of aryl methyl sites for hydroxylation is 1. The number of nitrogens with zero attached hydrogens (tertiary/aromatic N) is 1. The van der Waals surface area contributed by atoms with Crippen molar-refractivity contribution in [3.8, 4) is 11.3 Å². The summed E-state index contributed by atoms with van der Waals surface area (Å²) >= 11 is 8.44. The molecule has 2 rings (SSSR count). The maximum absolute atomic E-state index is 5.04. The maximum Gasteiger partial charge on any atom is 0.197 e. The molecule has 0 aliphatic carbocycles. The summed E-state index contributed by atoms with van der Waals surface area (Å²) in [5.74, 6) is 0. The van der Waals surface area contributed by atoms with Gasteiger partial charge in [0.2, 0.25) is 0 Å². The highest BCUT2D eigenvalue weighted by Crippen LogP contribution is 2.19. The molecule has 0 amide bonds. The van der Waals surface area contributed by atoms with Crippen LogP contribution in [0.1, 0.15) is 5.69 Å². The quantitative estimate of drug-likeness (QED) is 0.804. The highest BCUT2D eigenvalue weighted by molar-refractivity contribution is 9.10. The summed E-state index contributed by atoms with van der Waals surface area (Å²) in [7, 11) is 0. The fourth-order valence-corrected chi connectivity index (χ4v) is 1.87. The van der Waals surface area contributed by atoms with E-state index in [4.69, 9.17) is 12.2 Å². The Kier molecular flexibility index (Phi) is 2.98. The Morgan fingerprint density at radius 1 is 1.27 bits per heavy atom. The molecule has 2 nitrogen and oxygen atoms in total. The van der Waals surface area contributed by atoms with Crippen LogP contribution < -0.4 is 0 Å². The summed E-state index contributed by atoms with van der Waals surface area (Å²) in [6, 6.07) is 10.00. The largest absolute Gasteiger partial charge is 0.335 e. The second-order valence-corrected chi connectivity index (χ2v) is 4.56. The molecule has 0 spiro atoms. The molecule has 76 valence electrons. The van der Waals surface area contributed by atoms with Gasteiger partial charge in [-0.15, -0.1) is 0 Å². The number of aromatic amines is 1. The Morgan fingerprint density at radius 2 is 1.93 bits per heavy atom. The fraction of sp³-hybridized carbons (Fsp3) is 0.0909. The van der Waals surface area contributed by atoms with Gasteiger partial charge in [0.1, 0.15) is 0 Å². The molecule has 0 fully saturated rings.